The van der Waals surface area contributed by atoms with Crippen molar-refractivity contribution in [2.24, 2.45) is 11.8 Å². The average molecular weight is 290 g/mol. The van der Waals surface area contributed by atoms with Crippen LogP contribution in [0.25, 0.3) is 0 Å². The number of aliphatic hydroxyl groups is 1. The van der Waals surface area contributed by atoms with Crippen molar-refractivity contribution in [1.29, 1.82) is 0 Å². The molecular weight excluding hydrogens is 260 g/mol. The number of likely N-dealkylation sites (tertiary alicyclic amines) is 1. The van der Waals surface area contributed by atoms with E-state index in [1.54, 1.807) is 0 Å². The van der Waals surface area contributed by atoms with Crippen molar-refractivity contribution in [3.63, 3.8) is 0 Å². The summed E-state index contributed by atoms with van der Waals surface area (Å²) in [5, 5.41) is 13.2. The highest BCUT2D eigenvalue weighted by molar-refractivity contribution is 5.19. The van der Waals surface area contributed by atoms with Gasteiger partial charge in [0.1, 0.15) is 0 Å². The van der Waals surface area contributed by atoms with Gasteiger partial charge in [-0.15, -0.1) is 0 Å². The van der Waals surface area contributed by atoms with Crippen molar-refractivity contribution >= 4 is 0 Å². The van der Waals surface area contributed by atoms with Gasteiger partial charge in [-0.1, -0.05) is 51.1 Å². The van der Waals surface area contributed by atoms with Crippen LogP contribution in [0, 0.1) is 11.8 Å². The number of nitrogens with zero attached hydrogens (tertiary/aromatic N) is 1. The third-order valence-corrected chi connectivity index (χ3v) is 4.86. The summed E-state index contributed by atoms with van der Waals surface area (Å²) in [5.41, 5.74) is 1.36. The van der Waals surface area contributed by atoms with Crippen LogP contribution in [0.1, 0.15) is 38.8 Å². The Labute approximate surface area is 129 Å². The van der Waals surface area contributed by atoms with Crippen molar-refractivity contribution in [3.05, 3.63) is 35.9 Å². The Morgan fingerprint density at radius 2 is 2.05 bits per heavy atom. The summed E-state index contributed by atoms with van der Waals surface area (Å²) >= 11 is 0. The van der Waals surface area contributed by atoms with Crippen LogP contribution in [-0.4, -0.2) is 42.3 Å². The molecule has 1 saturated heterocycles. The first-order valence-electron chi connectivity index (χ1n) is 8.30. The standard InChI is InChI=1S/C18H30N2O/c1-4-19-18(16-8-6-5-7-9-16)15(3)12-20-11-10-14(2)17(20)13-21/h5-9,14-15,17-19,21H,4,10-13H2,1-3H3. The van der Waals surface area contributed by atoms with E-state index in [0.717, 1.165) is 19.6 Å². The fourth-order valence-electron chi connectivity index (χ4n) is 3.61. The minimum absolute atomic E-state index is 0.283. The molecule has 1 aromatic carbocycles. The zero-order valence-electron chi connectivity index (χ0n) is 13.6. The molecule has 21 heavy (non-hydrogen) atoms. The second kappa shape index (κ2) is 7.92. The third kappa shape index (κ3) is 4.06. The van der Waals surface area contributed by atoms with Gasteiger partial charge in [0, 0.05) is 18.6 Å². The number of aliphatic hydroxyl groups excluding tert-OH is 1. The van der Waals surface area contributed by atoms with Crippen molar-refractivity contribution in [2.75, 3.05) is 26.2 Å². The summed E-state index contributed by atoms with van der Waals surface area (Å²) < 4.78 is 0. The SMILES string of the molecule is CCNC(c1ccccc1)C(C)CN1CCC(C)C1CO. The Kier molecular flexibility index (Phi) is 6.22. The van der Waals surface area contributed by atoms with Crippen LogP contribution in [0.3, 0.4) is 0 Å². The molecular formula is C18H30N2O. The van der Waals surface area contributed by atoms with E-state index in [-0.39, 0.29) is 6.61 Å². The average Bonchev–Trinajstić information content (AvgIpc) is 2.85. The van der Waals surface area contributed by atoms with E-state index in [9.17, 15) is 5.11 Å². The Balaban J connectivity index is 2.04. The fourth-order valence-corrected chi connectivity index (χ4v) is 3.61. The van der Waals surface area contributed by atoms with E-state index in [1.165, 1.54) is 12.0 Å². The van der Waals surface area contributed by atoms with Gasteiger partial charge in [-0.05, 0) is 36.9 Å². The first-order chi connectivity index (χ1) is 10.2. The molecule has 1 fully saturated rings. The Bertz CT molecular complexity index is 409. The van der Waals surface area contributed by atoms with E-state index in [4.69, 9.17) is 0 Å². The molecule has 0 spiro atoms. The molecule has 1 aliphatic rings. The highest BCUT2D eigenvalue weighted by Crippen LogP contribution is 2.28. The first kappa shape index (κ1) is 16.5. The van der Waals surface area contributed by atoms with E-state index in [1.807, 2.05) is 0 Å². The summed E-state index contributed by atoms with van der Waals surface area (Å²) in [7, 11) is 0. The van der Waals surface area contributed by atoms with Gasteiger partial charge >= 0.3 is 0 Å². The monoisotopic (exact) mass is 290 g/mol. The lowest BCUT2D eigenvalue weighted by atomic mass is 9.93. The van der Waals surface area contributed by atoms with E-state index in [2.05, 4.69) is 61.3 Å². The maximum atomic E-state index is 9.62. The molecule has 2 N–H and O–H groups in total. The number of benzene rings is 1. The van der Waals surface area contributed by atoms with Gasteiger partial charge in [-0.25, -0.2) is 0 Å². The number of rotatable bonds is 7. The molecule has 0 aliphatic carbocycles. The smallest absolute Gasteiger partial charge is 0.0589 e. The molecule has 0 radical (unpaired) electrons. The van der Waals surface area contributed by atoms with Crippen LogP contribution >= 0.6 is 0 Å². The molecule has 1 aromatic rings. The molecule has 0 aromatic heterocycles. The van der Waals surface area contributed by atoms with E-state index >= 15 is 0 Å². The molecule has 1 aliphatic heterocycles. The van der Waals surface area contributed by atoms with Crippen LogP contribution in [0.4, 0.5) is 0 Å². The van der Waals surface area contributed by atoms with Crippen molar-refractivity contribution in [3.8, 4) is 0 Å². The Hall–Kier alpha value is -0.900. The maximum absolute atomic E-state index is 9.62. The number of hydrogen-bond donors (Lipinski definition) is 2. The predicted molar refractivity (Wildman–Crippen MR) is 88.3 cm³/mol. The lowest BCUT2D eigenvalue weighted by Crippen LogP contribution is -2.41. The second-order valence-corrected chi connectivity index (χ2v) is 6.43. The lowest BCUT2D eigenvalue weighted by molar-refractivity contribution is 0.119. The van der Waals surface area contributed by atoms with Gasteiger partial charge in [-0.2, -0.15) is 0 Å². The normalized spacial score (nSPS) is 25.9. The second-order valence-electron chi connectivity index (χ2n) is 6.43. The quantitative estimate of drug-likeness (QED) is 0.810. The summed E-state index contributed by atoms with van der Waals surface area (Å²) in [4.78, 5) is 2.47. The van der Waals surface area contributed by atoms with Gasteiger partial charge in [-0.3, -0.25) is 4.90 Å². The maximum Gasteiger partial charge on any atom is 0.0589 e. The molecule has 3 heteroatoms. The largest absolute Gasteiger partial charge is 0.395 e. The van der Waals surface area contributed by atoms with Crippen LogP contribution in [0.15, 0.2) is 30.3 Å². The molecule has 0 bridgehead atoms. The summed E-state index contributed by atoms with van der Waals surface area (Å²) in [6.45, 7) is 10.2. The number of hydrogen-bond acceptors (Lipinski definition) is 3. The molecule has 1 heterocycles. The molecule has 4 unspecified atom stereocenters. The molecule has 4 atom stereocenters. The van der Waals surface area contributed by atoms with Gasteiger partial charge in [0.25, 0.3) is 0 Å². The zero-order valence-corrected chi connectivity index (χ0v) is 13.6. The highest BCUT2D eigenvalue weighted by Gasteiger charge is 2.32. The zero-order chi connectivity index (χ0) is 15.2. The summed E-state index contributed by atoms with van der Waals surface area (Å²) in [6.07, 6.45) is 1.20. The fraction of sp³-hybridized carbons (Fsp3) is 0.667. The minimum Gasteiger partial charge on any atom is -0.395 e. The summed E-state index contributed by atoms with van der Waals surface area (Å²) in [5.74, 6) is 1.13. The van der Waals surface area contributed by atoms with Crippen molar-refractivity contribution < 1.29 is 5.11 Å². The third-order valence-electron chi connectivity index (χ3n) is 4.86. The lowest BCUT2D eigenvalue weighted by Gasteiger charge is -2.32. The summed E-state index contributed by atoms with van der Waals surface area (Å²) in [6, 6.07) is 11.4. The van der Waals surface area contributed by atoms with Crippen LogP contribution in [0.2, 0.25) is 0 Å². The van der Waals surface area contributed by atoms with Gasteiger partial charge < -0.3 is 10.4 Å². The van der Waals surface area contributed by atoms with Gasteiger partial charge in [0.05, 0.1) is 6.61 Å². The van der Waals surface area contributed by atoms with Gasteiger partial charge in [0.15, 0.2) is 0 Å². The Morgan fingerprint density at radius 1 is 1.33 bits per heavy atom. The van der Waals surface area contributed by atoms with Crippen molar-refractivity contribution in [1.82, 2.24) is 10.2 Å². The van der Waals surface area contributed by atoms with Crippen molar-refractivity contribution in [2.45, 2.75) is 39.3 Å². The van der Waals surface area contributed by atoms with Crippen LogP contribution in [-0.2, 0) is 0 Å². The Morgan fingerprint density at radius 3 is 2.67 bits per heavy atom. The van der Waals surface area contributed by atoms with Crippen LogP contribution < -0.4 is 5.32 Å². The molecule has 3 nitrogen and oxygen atoms in total. The van der Waals surface area contributed by atoms with E-state index in [0.29, 0.717) is 23.9 Å². The molecule has 2 rings (SSSR count). The van der Waals surface area contributed by atoms with E-state index < -0.39 is 0 Å². The molecule has 0 saturated carbocycles. The molecule has 118 valence electrons. The van der Waals surface area contributed by atoms with Gasteiger partial charge in [0.2, 0.25) is 0 Å². The first-order valence-corrected chi connectivity index (χ1v) is 8.30. The molecule has 0 amide bonds. The van der Waals surface area contributed by atoms with Crippen LogP contribution in [0.5, 0.6) is 0 Å². The highest BCUT2D eigenvalue weighted by atomic mass is 16.3. The predicted octanol–water partition coefficient (Wildman–Crippen LogP) is 2.68. The minimum atomic E-state index is 0.283. The number of nitrogens with one attached hydrogen (secondary N) is 1. The topological polar surface area (TPSA) is 35.5 Å².